The van der Waals surface area contributed by atoms with E-state index in [-0.39, 0.29) is 28.6 Å². The van der Waals surface area contributed by atoms with Crippen LogP contribution in [0.15, 0.2) is 47.5 Å². The lowest BCUT2D eigenvalue weighted by Gasteiger charge is -2.22. The highest BCUT2D eigenvalue weighted by Gasteiger charge is 2.46. The van der Waals surface area contributed by atoms with Crippen LogP contribution in [0.4, 0.5) is 22.4 Å². The van der Waals surface area contributed by atoms with Crippen molar-refractivity contribution >= 4 is 51.5 Å². The number of likely N-dealkylation sites (tertiary alicyclic amines) is 1. The smallest absolute Gasteiger partial charge is 0.298 e. The van der Waals surface area contributed by atoms with E-state index >= 15 is 0 Å². The molecule has 6 nitrogen and oxygen atoms in total. The van der Waals surface area contributed by atoms with E-state index in [9.17, 15) is 27.2 Å². The Balaban J connectivity index is 1.39. The summed E-state index contributed by atoms with van der Waals surface area (Å²) in [5, 5.41) is 4.38. The zero-order valence-electron chi connectivity index (χ0n) is 19.5. The maximum absolute atomic E-state index is 14.5. The second kappa shape index (κ2) is 9.77. The first-order valence-electron chi connectivity index (χ1n) is 11.5. The number of likely N-dealkylation sites (N-methyl/N-ethyl adjacent to an activating group) is 1. The van der Waals surface area contributed by atoms with Gasteiger partial charge in [-0.1, -0.05) is 30.7 Å². The number of imide groups is 1. The van der Waals surface area contributed by atoms with Gasteiger partial charge in [0.25, 0.3) is 11.1 Å². The highest BCUT2D eigenvalue weighted by molar-refractivity contribution is 8.18. The molecular weight excluding hydrogens is 532 g/mol. The van der Waals surface area contributed by atoms with E-state index in [0.29, 0.717) is 29.6 Å². The summed E-state index contributed by atoms with van der Waals surface area (Å²) in [7, 11) is 0. The highest BCUT2D eigenvalue weighted by atomic mass is 35.5. The molecule has 2 saturated heterocycles. The van der Waals surface area contributed by atoms with E-state index in [1.165, 1.54) is 23.0 Å². The predicted octanol–water partition coefficient (Wildman–Crippen LogP) is 5.84. The lowest BCUT2D eigenvalue weighted by molar-refractivity contribution is -0.138. The fraction of sp³-hybridized carbons (Fsp3) is 0.320. The van der Waals surface area contributed by atoms with Crippen LogP contribution >= 0.6 is 23.4 Å². The molecule has 0 N–H and O–H groups in total. The van der Waals surface area contributed by atoms with Crippen LogP contribution in [0.2, 0.25) is 5.02 Å². The Morgan fingerprint density at radius 2 is 1.95 bits per heavy atom. The van der Waals surface area contributed by atoms with Crippen LogP contribution in [0.25, 0.3) is 17.0 Å². The van der Waals surface area contributed by atoms with E-state index in [2.05, 4.69) is 5.10 Å². The van der Waals surface area contributed by atoms with E-state index in [4.69, 9.17) is 11.6 Å². The van der Waals surface area contributed by atoms with Gasteiger partial charge in [0, 0.05) is 23.5 Å². The van der Waals surface area contributed by atoms with Gasteiger partial charge in [0.1, 0.15) is 6.17 Å². The second-order valence-electron chi connectivity index (χ2n) is 8.91. The molecule has 2 aliphatic heterocycles. The lowest BCUT2D eigenvalue weighted by atomic mass is 10.1. The topological polar surface area (TPSA) is 58.4 Å². The molecule has 12 heteroatoms. The van der Waals surface area contributed by atoms with Crippen molar-refractivity contribution in [1.82, 2.24) is 19.6 Å². The minimum Gasteiger partial charge on any atom is -0.298 e. The number of carbonyl (C=O) groups is 2. The Bertz CT molecular complexity index is 1420. The molecule has 0 spiro atoms. The average molecular weight is 553 g/mol. The van der Waals surface area contributed by atoms with Gasteiger partial charge in [-0.05, 0) is 59.8 Å². The molecule has 2 amide bonds. The number of rotatable bonds is 5. The minimum atomic E-state index is -4.56. The van der Waals surface area contributed by atoms with Gasteiger partial charge in [-0.25, -0.2) is 4.39 Å². The Morgan fingerprint density at radius 3 is 2.65 bits per heavy atom. The van der Waals surface area contributed by atoms with Gasteiger partial charge in [0.2, 0.25) is 0 Å². The number of benzene rings is 2. The molecule has 2 atom stereocenters. The van der Waals surface area contributed by atoms with E-state index in [1.54, 1.807) is 24.3 Å². The van der Waals surface area contributed by atoms with Gasteiger partial charge in [-0.15, -0.1) is 0 Å². The van der Waals surface area contributed by atoms with Crippen LogP contribution in [0, 0.1) is 0 Å². The second-order valence-corrected chi connectivity index (χ2v) is 10.3. The number of hydrogen-bond acceptors (Lipinski definition) is 5. The number of alkyl halides is 4. The SMILES string of the molecule is CCN1C[C@@H](F)[C@H](N2C(=O)S/C(=C\c3ccc4c(cnn4Cc4ccc(Cl)cc4C(F)(F)F)c3)C2=O)C1. The van der Waals surface area contributed by atoms with Gasteiger partial charge in [-0.3, -0.25) is 24.1 Å². The summed E-state index contributed by atoms with van der Waals surface area (Å²) in [5.41, 5.74) is 0.410. The molecule has 5 rings (SSSR count). The standard InChI is InChI=1S/C25H21ClF4N4O2S/c1-2-32-12-19(27)21(13-32)34-23(35)22(37-24(34)36)8-14-3-6-20-16(7-14)10-31-33(20)11-15-4-5-17(26)9-18(15)25(28,29)30/h3-10,19,21H,2,11-13H2,1H3/b22-8-/t19-,21-/m1/s1. The van der Waals surface area contributed by atoms with E-state index in [1.807, 2.05) is 11.8 Å². The molecule has 37 heavy (non-hydrogen) atoms. The third-order valence-corrected chi connectivity index (χ3v) is 7.68. The van der Waals surface area contributed by atoms with Gasteiger partial charge in [0.05, 0.1) is 34.8 Å². The van der Waals surface area contributed by atoms with Crippen molar-refractivity contribution in [3.05, 3.63) is 69.2 Å². The Kier molecular flexibility index (Phi) is 6.80. The minimum absolute atomic E-state index is 0.00638. The molecule has 0 unspecified atom stereocenters. The third-order valence-electron chi connectivity index (χ3n) is 6.56. The number of thioether (sulfide) groups is 1. The molecule has 2 aliphatic rings. The van der Waals surface area contributed by atoms with Crippen LogP contribution in [-0.2, 0) is 17.5 Å². The quantitative estimate of drug-likeness (QED) is 0.294. The molecule has 0 saturated carbocycles. The first-order chi connectivity index (χ1) is 17.5. The Labute approximate surface area is 218 Å². The molecule has 0 bridgehead atoms. The largest absolute Gasteiger partial charge is 0.416 e. The van der Waals surface area contributed by atoms with Crippen molar-refractivity contribution in [2.45, 2.75) is 31.9 Å². The summed E-state index contributed by atoms with van der Waals surface area (Å²) in [4.78, 5) is 28.6. The predicted molar refractivity (Wildman–Crippen MR) is 134 cm³/mol. The molecule has 2 fully saturated rings. The summed E-state index contributed by atoms with van der Waals surface area (Å²) < 4.78 is 56.4. The molecule has 1 aromatic heterocycles. The first-order valence-corrected chi connectivity index (χ1v) is 12.7. The summed E-state index contributed by atoms with van der Waals surface area (Å²) >= 11 is 6.54. The molecule has 194 valence electrons. The van der Waals surface area contributed by atoms with Crippen molar-refractivity contribution in [1.29, 1.82) is 0 Å². The van der Waals surface area contributed by atoms with Crippen LogP contribution in [0.1, 0.15) is 23.6 Å². The van der Waals surface area contributed by atoms with Gasteiger partial charge < -0.3 is 0 Å². The van der Waals surface area contributed by atoms with Crippen molar-refractivity contribution < 1.29 is 27.2 Å². The van der Waals surface area contributed by atoms with Crippen LogP contribution in [0.5, 0.6) is 0 Å². The number of carbonyl (C=O) groups excluding carboxylic acids is 2. The Morgan fingerprint density at radius 1 is 1.16 bits per heavy atom. The third kappa shape index (κ3) is 4.99. The number of aromatic nitrogens is 2. The van der Waals surface area contributed by atoms with Crippen molar-refractivity contribution in [3.63, 3.8) is 0 Å². The fourth-order valence-corrected chi connectivity index (χ4v) is 5.73. The van der Waals surface area contributed by atoms with Crippen LogP contribution in [0.3, 0.4) is 0 Å². The zero-order chi connectivity index (χ0) is 26.5. The van der Waals surface area contributed by atoms with Gasteiger partial charge in [0.15, 0.2) is 0 Å². The fourth-order valence-electron chi connectivity index (χ4n) is 4.67. The van der Waals surface area contributed by atoms with E-state index < -0.39 is 35.1 Å². The maximum Gasteiger partial charge on any atom is 0.416 e. The van der Waals surface area contributed by atoms with Crippen molar-refractivity contribution in [3.8, 4) is 0 Å². The Hall–Kier alpha value is -2.89. The van der Waals surface area contributed by atoms with Gasteiger partial charge >= 0.3 is 6.18 Å². The van der Waals surface area contributed by atoms with Crippen LogP contribution in [-0.4, -0.2) is 62.6 Å². The monoisotopic (exact) mass is 552 g/mol. The molecule has 0 radical (unpaired) electrons. The zero-order valence-corrected chi connectivity index (χ0v) is 21.1. The number of hydrogen-bond donors (Lipinski definition) is 0. The first kappa shape index (κ1) is 25.7. The molecular formula is C25H21ClF4N4O2S. The molecule has 2 aromatic carbocycles. The van der Waals surface area contributed by atoms with E-state index in [0.717, 1.165) is 22.7 Å². The number of fused-ring (bicyclic) bond motifs is 1. The summed E-state index contributed by atoms with van der Waals surface area (Å²) in [6.07, 6.45) is -2.78. The van der Waals surface area contributed by atoms with Crippen molar-refractivity contribution in [2.75, 3.05) is 19.6 Å². The molecule has 3 heterocycles. The van der Waals surface area contributed by atoms with Gasteiger partial charge in [-0.2, -0.15) is 18.3 Å². The average Bonchev–Trinajstić information content (AvgIpc) is 3.49. The molecule has 0 aliphatic carbocycles. The maximum atomic E-state index is 14.5. The summed E-state index contributed by atoms with van der Waals surface area (Å²) in [6.45, 7) is 2.90. The molecule has 3 aromatic rings. The number of nitrogens with zero attached hydrogens (tertiary/aromatic N) is 4. The summed E-state index contributed by atoms with van der Waals surface area (Å²) in [6, 6.07) is 7.92. The number of amides is 2. The van der Waals surface area contributed by atoms with Crippen LogP contribution < -0.4 is 0 Å². The lowest BCUT2D eigenvalue weighted by Crippen LogP contribution is -2.44. The van der Waals surface area contributed by atoms with Crippen molar-refractivity contribution in [2.24, 2.45) is 0 Å². The summed E-state index contributed by atoms with van der Waals surface area (Å²) in [5.74, 6) is -0.529. The number of halogens is 5. The normalized spacial score (nSPS) is 22.2. The highest BCUT2D eigenvalue weighted by Crippen LogP contribution is 2.37.